The van der Waals surface area contributed by atoms with Crippen molar-refractivity contribution in [1.29, 1.82) is 0 Å². The van der Waals surface area contributed by atoms with Gasteiger partial charge in [0.05, 0.1) is 6.54 Å². The molecule has 0 amide bonds. The average Bonchev–Trinajstić information content (AvgIpc) is 3.06. The van der Waals surface area contributed by atoms with Crippen LogP contribution in [-0.2, 0) is 6.42 Å². The molecule has 1 heterocycles. The fourth-order valence-corrected chi connectivity index (χ4v) is 2.81. The highest BCUT2D eigenvalue weighted by Gasteiger charge is 2.06. The maximum Gasteiger partial charge on any atom is 0.193 e. The Bertz CT molecular complexity index is 622. The molecule has 0 bridgehead atoms. The number of hydrogen-bond donors (Lipinski definition) is 1. The Hall–Kier alpha value is -1.35. The molecule has 2 rings (SSSR count). The Morgan fingerprint density at radius 2 is 2.17 bits per heavy atom. The Morgan fingerprint density at radius 3 is 2.83 bits per heavy atom. The minimum absolute atomic E-state index is 0. The number of halogens is 2. The minimum atomic E-state index is -0.292. The molecule has 0 saturated carbocycles. The van der Waals surface area contributed by atoms with E-state index >= 15 is 0 Å². The van der Waals surface area contributed by atoms with Gasteiger partial charge in [-0.15, -0.1) is 35.3 Å². The van der Waals surface area contributed by atoms with Gasteiger partial charge in [-0.3, -0.25) is 4.99 Å². The summed E-state index contributed by atoms with van der Waals surface area (Å²) in [5.41, 5.74) is 0. The molecule has 0 fully saturated rings. The van der Waals surface area contributed by atoms with Crippen LogP contribution >= 0.6 is 35.3 Å². The molecule has 0 radical (unpaired) electrons. The van der Waals surface area contributed by atoms with E-state index in [1.165, 1.54) is 17.0 Å². The number of thiophene rings is 1. The van der Waals surface area contributed by atoms with Gasteiger partial charge in [0, 0.05) is 31.6 Å². The molecule has 0 unspecified atom stereocenters. The zero-order valence-corrected chi connectivity index (χ0v) is 17.0. The second kappa shape index (κ2) is 11.2. The van der Waals surface area contributed by atoms with E-state index < -0.39 is 0 Å². The fourth-order valence-electron chi connectivity index (χ4n) is 2.11. The Balaban J connectivity index is 0.00000288. The van der Waals surface area contributed by atoms with Crippen LogP contribution in [0.5, 0.6) is 5.75 Å². The van der Waals surface area contributed by atoms with Crippen LogP contribution in [0, 0.1) is 5.82 Å². The van der Waals surface area contributed by atoms with Crippen molar-refractivity contribution >= 4 is 41.3 Å². The van der Waals surface area contributed by atoms with Crippen molar-refractivity contribution in [2.24, 2.45) is 4.99 Å². The molecule has 0 saturated heterocycles. The lowest BCUT2D eigenvalue weighted by Crippen LogP contribution is -2.41. The zero-order chi connectivity index (χ0) is 16.5. The molecule has 0 atom stereocenters. The largest absolute Gasteiger partial charge is 0.492 e. The third-order valence-corrected chi connectivity index (χ3v) is 4.23. The van der Waals surface area contributed by atoms with E-state index in [4.69, 9.17) is 4.74 Å². The first-order valence-electron chi connectivity index (χ1n) is 7.51. The number of rotatable bonds is 7. The molecule has 2 aromatic rings. The second-order valence-corrected chi connectivity index (χ2v) is 6.06. The van der Waals surface area contributed by atoms with Gasteiger partial charge < -0.3 is 15.0 Å². The third kappa shape index (κ3) is 7.04. The summed E-state index contributed by atoms with van der Waals surface area (Å²) in [4.78, 5) is 7.71. The van der Waals surface area contributed by atoms with Gasteiger partial charge in [0.2, 0.25) is 0 Å². The highest BCUT2D eigenvalue weighted by molar-refractivity contribution is 14.0. The van der Waals surface area contributed by atoms with Crippen molar-refractivity contribution in [2.45, 2.75) is 6.42 Å². The summed E-state index contributed by atoms with van der Waals surface area (Å²) in [6.45, 7) is 1.94. The predicted molar refractivity (Wildman–Crippen MR) is 109 cm³/mol. The zero-order valence-electron chi connectivity index (χ0n) is 13.9. The van der Waals surface area contributed by atoms with Crippen molar-refractivity contribution in [3.05, 3.63) is 52.5 Å². The van der Waals surface area contributed by atoms with Gasteiger partial charge in [0.15, 0.2) is 5.96 Å². The van der Waals surface area contributed by atoms with E-state index in [-0.39, 0.29) is 29.8 Å². The lowest BCUT2D eigenvalue weighted by Gasteiger charge is -2.21. The summed E-state index contributed by atoms with van der Waals surface area (Å²) in [5, 5.41) is 5.33. The normalized spacial score (nSPS) is 10.9. The van der Waals surface area contributed by atoms with Crippen molar-refractivity contribution in [3.63, 3.8) is 0 Å². The Labute approximate surface area is 163 Å². The maximum atomic E-state index is 13.0. The molecule has 0 spiro atoms. The highest BCUT2D eigenvalue weighted by Crippen LogP contribution is 2.11. The van der Waals surface area contributed by atoms with Crippen LogP contribution in [0.1, 0.15) is 4.88 Å². The van der Waals surface area contributed by atoms with E-state index in [9.17, 15) is 4.39 Å². The first kappa shape index (κ1) is 20.7. The number of ether oxygens (including phenoxy) is 1. The number of likely N-dealkylation sites (N-methyl/N-ethyl adjacent to an activating group) is 1. The standard InChI is InChI=1S/C17H22FN3OS.HI/c1-19-17(21(2)10-8-16-7-4-12-23-16)20-9-11-22-15-6-3-5-14(18)13-15;/h3-7,12-13H,8-11H2,1-2H3,(H,19,20);1H. The van der Waals surface area contributed by atoms with E-state index in [2.05, 4.69) is 32.7 Å². The van der Waals surface area contributed by atoms with E-state index in [1.54, 1.807) is 30.5 Å². The fraction of sp³-hybridized carbons (Fsp3) is 0.353. The molecule has 24 heavy (non-hydrogen) atoms. The molecule has 7 heteroatoms. The molecule has 132 valence electrons. The van der Waals surface area contributed by atoms with Crippen molar-refractivity contribution in [1.82, 2.24) is 10.2 Å². The molecule has 1 aromatic carbocycles. The van der Waals surface area contributed by atoms with Gasteiger partial charge in [-0.05, 0) is 30.0 Å². The molecule has 0 aliphatic carbocycles. The van der Waals surface area contributed by atoms with Crippen LogP contribution in [0.15, 0.2) is 46.8 Å². The van der Waals surface area contributed by atoms with Gasteiger partial charge in [0.25, 0.3) is 0 Å². The summed E-state index contributed by atoms with van der Waals surface area (Å²) in [6.07, 6.45) is 0.995. The van der Waals surface area contributed by atoms with Gasteiger partial charge in [-0.25, -0.2) is 4.39 Å². The minimum Gasteiger partial charge on any atom is -0.492 e. The molecular formula is C17H23FIN3OS. The lowest BCUT2D eigenvalue weighted by atomic mass is 10.3. The number of nitrogens with one attached hydrogen (secondary N) is 1. The summed E-state index contributed by atoms with van der Waals surface area (Å²) >= 11 is 1.77. The second-order valence-electron chi connectivity index (χ2n) is 5.03. The summed E-state index contributed by atoms with van der Waals surface area (Å²) < 4.78 is 18.6. The first-order valence-corrected chi connectivity index (χ1v) is 8.39. The number of aliphatic imine (C=N–C) groups is 1. The van der Waals surface area contributed by atoms with E-state index in [1.807, 2.05) is 7.05 Å². The molecule has 4 nitrogen and oxygen atoms in total. The molecule has 1 N–H and O–H groups in total. The van der Waals surface area contributed by atoms with Crippen molar-refractivity contribution in [3.8, 4) is 5.75 Å². The monoisotopic (exact) mass is 463 g/mol. The number of nitrogens with zero attached hydrogens (tertiary/aromatic N) is 2. The van der Waals surface area contributed by atoms with Gasteiger partial charge in [-0.2, -0.15) is 0 Å². The average molecular weight is 463 g/mol. The number of guanidine groups is 1. The number of hydrogen-bond acceptors (Lipinski definition) is 3. The van der Waals surface area contributed by atoms with Crippen molar-refractivity contribution in [2.75, 3.05) is 33.8 Å². The van der Waals surface area contributed by atoms with Crippen LogP contribution in [0.3, 0.4) is 0 Å². The smallest absolute Gasteiger partial charge is 0.193 e. The highest BCUT2D eigenvalue weighted by atomic mass is 127. The van der Waals surface area contributed by atoms with Gasteiger partial charge in [0.1, 0.15) is 18.2 Å². The van der Waals surface area contributed by atoms with Crippen LogP contribution < -0.4 is 10.1 Å². The SMILES string of the molecule is CN=C(NCCOc1cccc(F)c1)N(C)CCc1cccs1.I. The lowest BCUT2D eigenvalue weighted by molar-refractivity contribution is 0.318. The van der Waals surface area contributed by atoms with Crippen molar-refractivity contribution < 1.29 is 9.13 Å². The molecule has 1 aromatic heterocycles. The molecule has 0 aliphatic rings. The third-order valence-electron chi connectivity index (χ3n) is 3.30. The van der Waals surface area contributed by atoms with E-state index in [0.29, 0.717) is 18.9 Å². The summed E-state index contributed by atoms with van der Waals surface area (Å²) in [7, 11) is 3.77. The van der Waals surface area contributed by atoms with Gasteiger partial charge >= 0.3 is 0 Å². The molecular weight excluding hydrogens is 440 g/mol. The quantitative estimate of drug-likeness (QED) is 0.295. The Kier molecular flexibility index (Phi) is 9.70. The molecule has 0 aliphatic heterocycles. The van der Waals surface area contributed by atoms with Crippen LogP contribution in [-0.4, -0.2) is 44.7 Å². The summed E-state index contributed by atoms with van der Waals surface area (Å²) in [6, 6.07) is 10.4. The van der Waals surface area contributed by atoms with Crippen LogP contribution in [0.25, 0.3) is 0 Å². The maximum absolute atomic E-state index is 13.0. The Morgan fingerprint density at radius 1 is 1.33 bits per heavy atom. The number of benzene rings is 1. The van der Waals surface area contributed by atoms with Crippen LogP contribution in [0.2, 0.25) is 0 Å². The summed E-state index contributed by atoms with van der Waals surface area (Å²) in [5.74, 6) is 1.07. The topological polar surface area (TPSA) is 36.9 Å². The van der Waals surface area contributed by atoms with Crippen LogP contribution in [0.4, 0.5) is 4.39 Å². The first-order chi connectivity index (χ1) is 11.2. The van der Waals surface area contributed by atoms with Gasteiger partial charge in [-0.1, -0.05) is 12.1 Å². The predicted octanol–water partition coefficient (Wildman–Crippen LogP) is 3.63. The van der Waals surface area contributed by atoms with E-state index in [0.717, 1.165) is 18.9 Å².